The summed E-state index contributed by atoms with van der Waals surface area (Å²) in [6, 6.07) is 6.09. The molecule has 0 unspecified atom stereocenters. The second-order valence-corrected chi connectivity index (χ2v) is 4.89. The number of hydrogen-bond acceptors (Lipinski definition) is 2. The summed E-state index contributed by atoms with van der Waals surface area (Å²) in [6.45, 7) is 3.10. The van der Waals surface area contributed by atoms with E-state index in [1.54, 1.807) is 0 Å². The van der Waals surface area contributed by atoms with E-state index in [1.807, 2.05) is 30.5 Å². The lowest BCUT2D eigenvalue weighted by molar-refractivity contribution is 0.827. The van der Waals surface area contributed by atoms with Crippen LogP contribution in [-0.2, 0) is 6.54 Å². The third-order valence-corrected chi connectivity index (χ3v) is 3.83. The van der Waals surface area contributed by atoms with Crippen molar-refractivity contribution in [3.8, 4) is 0 Å². The minimum absolute atomic E-state index is 0.815. The molecule has 0 aliphatic rings. The highest BCUT2D eigenvalue weighted by Crippen LogP contribution is 2.32. The second-order valence-electron chi connectivity index (χ2n) is 3.32. The van der Waals surface area contributed by atoms with Gasteiger partial charge in [0.25, 0.3) is 0 Å². The number of rotatable bonds is 2. The van der Waals surface area contributed by atoms with Gasteiger partial charge in [0.05, 0.1) is 0 Å². The lowest BCUT2D eigenvalue weighted by Crippen LogP contribution is -2.03. The molecule has 3 heteroatoms. The Hall–Kier alpha value is -0.570. The number of halogens is 1. The zero-order valence-electron chi connectivity index (χ0n) is 8.23. The van der Waals surface area contributed by atoms with Gasteiger partial charge in [0.2, 0.25) is 0 Å². The van der Waals surface area contributed by atoms with Gasteiger partial charge < -0.3 is 5.32 Å². The molecule has 0 saturated heterocycles. The zero-order chi connectivity index (χ0) is 10.1. The molecule has 2 aromatic rings. The Kier molecular flexibility index (Phi) is 2.77. The molecule has 74 valence electrons. The van der Waals surface area contributed by atoms with Crippen LogP contribution in [0.2, 0.25) is 5.02 Å². The molecular weight excluding hydrogens is 214 g/mol. The molecule has 0 bridgehead atoms. The average Bonchev–Trinajstić information content (AvgIpc) is 2.44. The first-order chi connectivity index (χ1) is 6.72. The lowest BCUT2D eigenvalue weighted by Gasteiger charge is -1.96. The molecule has 0 aliphatic carbocycles. The van der Waals surface area contributed by atoms with Crippen LogP contribution < -0.4 is 5.32 Å². The van der Waals surface area contributed by atoms with Gasteiger partial charge >= 0.3 is 0 Å². The van der Waals surface area contributed by atoms with Crippen LogP contribution in [-0.4, -0.2) is 7.05 Å². The topological polar surface area (TPSA) is 12.0 Å². The highest BCUT2D eigenvalue weighted by atomic mass is 35.5. The number of benzene rings is 1. The zero-order valence-corrected chi connectivity index (χ0v) is 9.80. The van der Waals surface area contributed by atoms with Gasteiger partial charge in [-0.3, -0.25) is 0 Å². The van der Waals surface area contributed by atoms with Crippen LogP contribution in [0, 0.1) is 6.92 Å². The standard InChI is InChI=1S/C11H12ClNS/c1-7-9-4-3-8(12)5-10(9)14-11(7)6-13-2/h3-5,13H,6H2,1-2H3. The molecule has 0 fully saturated rings. The molecule has 1 aromatic carbocycles. The van der Waals surface area contributed by atoms with Gasteiger partial charge in [-0.1, -0.05) is 17.7 Å². The molecule has 0 amide bonds. The average molecular weight is 226 g/mol. The third kappa shape index (κ3) is 1.65. The summed E-state index contributed by atoms with van der Waals surface area (Å²) in [5, 5.41) is 5.32. The summed E-state index contributed by atoms with van der Waals surface area (Å²) in [7, 11) is 1.97. The monoisotopic (exact) mass is 225 g/mol. The minimum atomic E-state index is 0.815. The van der Waals surface area contributed by atoms with Crippen molar-refractivity contribution < 1.29 is 0 Å². The van der Waals surface area contributed by atoms with Gasteiger partial charge in [0.1, 0.15) is 0 Å². The number of thiophene rings is 1. The molecule has 1 aromatic heterocycles. The Labute approximate surface area is 92.7 Å². The Balaban J connectivity index is 2.61. The van der Waals surface area contributed by atoms with Crippen molar-refractivity contribution in [2.75, 3.05) is 7.05 Å². The molecule has 1 N–H and O–H groups in total. The predicted octanol–water partition coefficient (Wildman–Crippen LogP) is 3.58. The number of hydrogen-bond donors (Lipinski definition) is 1. The van der Waals surface area contributed by atoms with Crippen LogP contribution in [0.15, 0.2) is 18.2 Å². The smallest absolute Gasteiger partial charge is 0.0420 e. The summed E-state index contributed by atoms with van der Waals surface area (Å²) >= 11 is 7.76. The molecule has 2 rings (SSSR count). The fraction of sp³-hybridized carbons (Fsp3) is 0.273. The number of fused-ring (bicyclic) bond motifs is 1. The molecule has 14 heavy (non-hydrogen) atoms. The molecule has 0 atom stereocenters. The van der Waals surface area contributed by atoms with Crippen LogP contribution in [0.3, 0.4) is 0 Å². The van der Waals surface area contributed by atoms with Gasteiger partial charge in [0, 0.05) is 21.1 Å². The van der Waals surface area contributed by atoms with Gasteiger partial charge in [-0.2, -0.15) is 0 Å². The van der Waals surface area contributed by atoms with Crippen LogP contribution in [0.25, 0.3) is 10.1 Å². The van der Waals surface area contributed by atoms with Crippen molar-refractivity contribution in [1.29, 1.82) is 0 Å². The van der Waals surface area contributed by atoms with Gasteiger partial charge in [-0.25, -0.2) is 0 Å². The largest absolute Gasteiger partial charge is 0.315 e. The Morgan fingerprint density at radius 1 is 1.43 bits per heavy atom. The van der Waals surface area contributed by atoms with Gasteiger partial charge in [-0.05, 0) is 37.1 Å². The molecule has 0 aliphatic heterocycles. The highest BCUT2D eigenvalue weighted by Gasteiger charge is 2.07. The number of aryl methyl sites for hydroxylation is 1. The van der Waals surface area contributed by atoms with Crippen LogP contribution >= 0.6 is 22.9 Å². The van der Waals surface area contributed by atoms with E-state index in [1.165, 1.54) is 20.5 Å². The predicted molar refractivity (Wildman–Crippen MR) is 64.3 cm³/mol. The first-order valence-electron chi connectivity index (χ1n) is 4.54. The van der Waals surface area contributed by atoms with Crippen molar-refractivity contribution in [1.82, 2.24) is 5.32 Å². The maximum absolute atomic E-state index is 5.95. The van der Waals surface area contributed by atoms with E-state index >= 15 is 0 Å². The molecule has 1 heterocycles. The molecule has 0 radical (unpaired) electrons. The fourth-order valence-corrected chi connectivity index (χ4v) is 3.08. The van der Waals surface area contributed by atoms with Crippen molar-refractivity contribution in [2.24, 2.45) is 0 Å². The van der Waals surface area contributed by atoms with E-state index in [-0.39, 0.29) is 0 Å². The second kappa shape index (κ2) is 3.89. The van der Waals surface area contributed by atoms with E-state index in [4.69, 9.17) is 11.6 Å². The van der Waals surface area contributed by atoms with E-state index in [0.29, 0.717) is 0 Å². The summed E-state index contributed by atoms with van der Waals surface area (Å²) in [5.41, 5.74) is 1.37. The first-order valence-corrected chi connectivity index (χ1v) is 5.74. The quantitative estimate of drug-likeness (QED) is 0.824. The molecule has 0 spiro atoms. The van der Waals surface area contributed by atoms with Crippen molar-refractivity contribution in [3.05, 3.63) is 33.7 Å². The van der Waals surface area contributed by atoms with Crippen molar-refractivity contribution >= 4 is 33.0 Å². The lowest BCUT2D eigenvalue weighted by atomic mass is 10.1. The number of nitrogens with one attached hydrogen (secondary N) is 1. The molecule has 1 nitrogen and oxygen atoms in total. The van der Waals surface area contributed by atoms with E-state index in [9.17, 15) is 0 Å². The maximum atomic E-state index is 5.95. The van der Waals surface area contributed by atoms with Gasteiger partial charge in [-0.15, -0.1) is 11.3 Å². The van der Waals surface area contributed by atoms with Crippen LogP contribution in [0.1, 0.15) is 10.4 Å². The Bertz CT molecular complexity index is 462. The minimum Gasteiger partial charge on any atom is -0.315 e. The summed E-state index contributed by atoms with van der Waals surface area (Å²) < 4.78 is 1.28. The summed E-state index contributed by atoms with van der Waals surface area (Å²) in [6.07, 6.45) is 0. The Morgan fingerprint density at radius 3 is 2.93 bits per heavy atom. The Morgan fingerprint density at radius 2 is 2.21 bits per heavy atom. The van der Waals surface area contributed by atoms with Gasteiger partial charge in [0.15, 0.2) is 0 Å². The molecular formula is C11H12ClNS. The van der Waals surface area contributed by atoms with Crippen molar-refractivity contribution in [3.63, 3.8) is 0 Å². The summed E-state index contributed by atoms with van der Waals surface area (Å²) in [4.78, 5) is 1.39. The van der Waals surface area contributed by atoms with Crippen LogP contribution in [0.4, 0.5) is 0 Å². The molecule has 0 saturated carbocycles. The third-order valence-electron chi connectivity index (χ3n) is 2.34. The van der Waals surface area contributed by atoms with E-state index in [0.717, 1.165) is 11.6 Å². The first kappa shape index (κ1) is 9.97. The maximum Gasteiger partial charge on any atom is 0.0420 e. The van der Waals surface area contributed by atoms with E-state index in [2.05, 4.69) is 18.3 Å². The van der Waals surface area contributed by atoms with Crippen LogP contribution in [0.5, 0.6) is 0 Å². The SMILES string of the molecule is CNCc1sc2cc(Cl)ccc2c1C. The normalized spacial score (nSPS) is 11.1. The highest BCUT2D eigenvalue weighted by molar-refractivity contribution is 7.19. The summed E-state index contributed by atoms with van der Waals surface area (Å²) in [5.74, 6) is 0. The van der Waals surface area contributed by atoms with Crippen molar-refractivity contribution in [2.45, 2.75) is 13.5 Å². The fourth-order valence-electron chi connectivity index (χ4n) is 1.58. The van der Waals surface area contributed by atoms with E-state index < -0.39 is 0 Å².